The number of carbonyl (C=O) groups excluding carboxylic acids is 1. The van der Waals surface area contributed by atoms with Crippen LogP contribution in [0.25, 0.3) is 0 Å². The number of amides is 1. The van der Waals surface area contributed by atoms with Crippen molar-refractivity contribution < 1.29 is 4.79 Å². The van der Waals surface area contributed by atoms with E-state index >= 15 is 0 Å². The molecule has 0 radical (unpaired) electrons. The topological polar surface area (TPSA) is 54.4 Å². The minimum Gasteiger partial charge on any atom is -0.273 e. The fourth-order valence-electron chi connectivity index (χ4n) is 3.14. The first-order valence-corrected chi connectivity index (χ1v) is 10.6. The molecule has 1 aromatic heterocycles. The number of hydrogen-bond donors (Lipinski definition) is 1. The maximum absolute atomic E-state index is 12.2. The molecule has 0 saturated heterocycles. The maximum atomic E-state index is 12.2. The molecule has 1 heterocycles. The summed E-state index contributed by atoms with van der Waals surface area (Å²) in [6.07, 6.45) is 13.4. The molecule has 2 rings (SSSR count). The number of hydrazone groups is 1. The van der Waals surface area contributed by atoms with Gasteiger partial charge in [0.15, 0.2) is 0 Å². The highest BCUT2D eigenvalue weighted by atomic mass is 16.2. The molecule has 4 nitrogen and oxygen atoms in total. The fraction of sp³-hybridized carbons (Fsp3) is 0.458. The number of rotatable bonds is 13. The Morgan fingerprint density at radius 3 is 2.14 bits per heavy atom. The molecular weight excluding hydrogens is 346 g/mol. The van der Waals surface area contributed by atoms with Crippen molar-refractivity contribution in [3.8, 4) is 0 Å². The summed E-state index contributed by atoms with van der Waals surface area (Å²) in [5, 5.41) is 4.38. The highest BCUT2D eigenvalue weighted by Gasteiger charge is 2.09. The Kier molecular flexibility index (Phi) is 10.6. The molecule has 28 heavy (non-hydrogen) atoms. The predicted molar refractivity (Wildman–Crippen MR) is 116 cm³/mol. The van der Waals surface area contributed by atoms with Gasteiger partial charge in [0.05, 0.1) is 5.69 Å². The van der Waals surface area contributed by atoms with Gasteiger partial charge in [-0.15, -0.1) is 0 Å². The second kappa shape index (κ2) is 13.6. The molecule has 0 aliphatic carbocycles. The van der Waals surface area contributed by atoms with E-state index in [4.69, 9.17) is 0 Å². The number of benzene rings is 1. The molecule has 4 heteroatoms. The molecule has 1 amide bonds. The van der Waals surface area contributed by atoms with E-state index in [9.17, 15) is 4.79 Å². The van der Waals surface area contributed by atoms with E-state index in [1.54, 1.807) is 6.20 Å². The smallest absolute Gasteiger partial charge is 0.240 e. The third kappa shape index (κ3) is 8.47. The van der Waals surface area contributed by atoms with E-state index in [0.29, 0.717) is 12.1 Å². The lowest BCUT2D eigenvalue weighted by atomic mass is 10.1. The lowest BCUT2D eigenvalue weighted by Crippen LogP contribution is -2.20. The number of unbranched alkanes of at least 4 members (excludes halogenated alkanes) is 8. The van der Waals surface area contributed by atoms with Gasteiger partial charge < -0.3 is 0 Å². The molecular formula is C24H33N3O. The molecule has 0 fully saturated rings. The average molecular weight is 380 g/mol. The Hall–Kier alpha value is -2.49. The van der Waals surface area contributed by atoms with Gasteiger partial charge in [-0.3, -0.25) is 9.78 Å². The Balaban J connectivity index is 1.75. The molecule has 2 aromatic rings. The standard InChI is InChI=1S/C24H33N3O/c1-2-3-4-5-6-7-8-9-13-19-23(28)26-27-24(21-16-11-10-12-17-21)22-18-14-15-20-25-22/h10-12,14-18,20H,2-9,13,19H2,1H3,(H,26,28). The van der Waals surface area contributed by atoms with Crippen molar-refractivity contribution in [1.82, 2.24) is 10.4 Å². The van der Waals surface area contributed by atoms with Gasteiger partial charge in [-0.1, -0.05) is 94.7 Å². The predicted octanol–water partition coefficient (Wildman–Crippen LogP) is 5.87. The van der Waals surface area contributed by atoms with Gasteiger partial charge >= 0.3 is 0 Å². The van der Waals surface area contributed by atoms with E-state index in [0.717, 1.165) is 24.1 Å². The summed E-state index contributed by atoms with van der Waals surface area (Å²) in [5.41, 5.74) is 5.08. The van der Waals surface area contributed by atoms with Crippen LogP contribution in [0.15, 0.2) is 59.8 Å². The molecule has 0 atom stereocenters. The van der Waals surface area contributed by atoms with E-state index in [-0.39, 0.29) is 5.91 Å². The van der Waals surface area contributed by atoms with Crippen LogP contribution in [-0.2, 0) is 4.79 Å². The van der Waals surface area contributed by atoms with E-state index < -0.39 is 0 Å². The molecule has 0 aliphatic rings. The molecule has 0 aliphatic heterocycles. The minimum absolute atomic E-state index is 0.0349. The Morgan fingerprint density at radius 2 is 1.50 bits per heavy atom. The van der Waals surface area contributed by atoms with Crippen molar-refractivity contribution >= 4 is 11.6 Å². The summed E-state index contributed by atoms with van der Waals surface area (Å²) in [4.78, 5) is 16.6. The second-order valence-electron chi connectivity index (χ2n) is 7.15. The van der Waals surface area contributed by atoms with Crippen LogP contribution in [0.2, 0.25) is 0 Å². The number of nitrogens with zero attached hydrogens (tertiary/aromatic N) is 2. The van der Waals surface area contributed by atoms with Crippen molar-refractivity contribution in [3.05, 3.63) is 66.0 Å². The SMILES string of the molecule is CCCCCCCCCCCC(=O)NN=C(c1ccccc1)c1ccccn1. The highest BCUT2D eigenvalue weighted by Crippen LogP contribution is 2.11. The number of nitrogens with one attached hydrogen (secondary N) is 1. The Labute approximate surface area is 169 Å². The molecule has 0 spiro atoms. The molecule has 0 bridgehead atoms. The zero-order chi connectivity index (χ0) is 19.9. The number of aromatic nitrogens is 1. The molecule has 1 N–H and O–H groups in total. The highest BCUT2D eigenvalue weighted by molar-refractivity contribution is 6.11. The number of hydrogen-bond acceptors (Lipinski definition) is 3. The third-order valence-electron chi connectivity index (χ3n) is 4.75. The zero-order valence-corrected chi connectivity index (χ0v) is 17.1. The molecule has 0 unspecified atom stereocenters. The van der Waals surface area contributed by atoms with Crippen molar-refractivity contribution in [2.24, 2.45) is 5.10 Å². The summed E-state index contributed by atoms with van der Waals surface area (Å²) < 4.78 is 0. The quantitative estimate of drug-likeness (QED) is 0.269. The third-order valence-corrected chi connectivity index (χ3v) is 4.75. The second-order valence-corrected chi connectivity index (χ2v) is 7.15. The summed E-state index contributed by atoms with van der Waals surface area (Å²) in [6.45, 7) is 2.24. The van der Waals surface area contributed by atoms with Crippen molar-refractivity contribution in [2.45, 2.75) is 71.1 Å². The van der Waals surface area contributed by atoms with Gasteiger partial charge in [0.2, 0.25) is 5.91 Å². The summed E-state index contributed by atoms with van der Waals surface area (Å²) in [6, 6.07) is 15.5. The van der Waals surface area contributed by atoms with Crippen molar-refractivity contribution in [3.63, 3.8) is 0 Å². The van der Waals surface area contributed by atoms with Gasteiger partial charge in [0.1, 0.15) is 5.71 Å². The molecule has 0 saturated carbocycles. The van der Waals surface area contributed by atoms with E-state index in [1.165, 1.54) is 44.9 Å². The summed E-state index contributed by atoms with van der Waals surface area (Å²) >= 11 is 0. The van der Waals surface area contributed by atoms with Crippen LogP contribution in [0.5, 0.6) is 0 Å². The fourth-order valence-corrected chi connectivity index (χ4v) is 3.14. The summed E-state index contributed by atoms with van der Waals surface area (Å²) in [7, 11) is 0. The molecule has 150 valence electrons. The zero-order valence-electron chi connectivity index (χ0n) is 17.1. The van der Waals surface area contributed by atoms with Crippen LogP contribution in [0, 0.1) is 0 Å². The van der Waals surface area contributed by atoms with Gasteiger partial charge in [-0.05, 0) is 18.6 Å². The van der Waals surface area contributed by atoms with Crippen LogP contribution < -0.4 is 5.43 Å². The first-order valence-electron chi connectivity index (χ1n) is 10.6. The first-order chi connectivity index (χ1) is 13.8. The van der Waals surface area contributed by atoms with Gasteiger partial charge in [0.25, 0.3) is 0 Å². The maximum Gasteiger partial charge on any atom is 0.240 e. The van der Waals surface area contributed by atoms with Crippen LogP contribution in [0.1, 0.15) is 82.4 Å². The van der Waals surface area contributed by atoms with E-state index in [2.05, 4.69) is 22.4 Å². The van der Waals surface area contributed by atoms with Crippen molar-refractivity contribution in [2.75, 3.05) is 0 Å². The molecule has 1 aromatic carbocycles. The Bertz CT molecular complexity index is 657. The summed E-state index contributed by atoms with van der Waals surface area (Å²) in [5.74, 6) is -0.0349. The lowest BCUT2D eigenvalue weighted by molar-refractivity contribution is -0.121. The van der Waals surface area contributed by atoms with Crippen LogP contribution >= 0.6 is 0 Å². The van der Waals surface area contributed by atoms with Gasteiger partial charge in [-0.2, -0.15) is 5.10 Å². The minimum atomic E-state index is -0.0349. The Morgan fingerprint density at radius 1 is 0.857 bits per heavy atom. The number of carbonyl (C=O) groups is 1. The van der Waals surface area contributed by atoms with Gasteiger partial charge in [-0.25, -0.2) is 5.43 Å². The van der Waals surface area contributed by atoms with Crippen LogP contribution in [0.3, 0.4) is 0 Å². The van der Waals surface area contributed by atoms with E-state index in [1.807, 2.05) is 48.5 Å². The number of pyridine rings is 1. The normalized spacial score (nSPS) is 11.4. The van der Waals surface area contributed by atoms with Crippen LogP contribution in [-0.4, -0.2) is 16.6 Å². The van der Waals surface area contributed by atoms with Gasteiger partial charge in [0, 0.05) is 18.2 Å². The van der Waals surface area contributed by atoms with Crippen LogP contribution in [0.4, 0.5) is 0 Å². The largest absolute Gasteiger partial charge is 0.273 e. The monoisotopic (exact) mass is 379 g/mol. The van der Waals surface area contributed by atoms with Crippen molar-refractivity contribution in [1.29, 1.82) is 0 Å². The lowest BCUT2D eigenvalue weighted by Gasteiger charge is -2.07. The average Bonchev–Trinajstić information content (AvgIpc) is 2.74. The first kappa shape index (κ1) is 21.8.